The SMILES string of the molecule is Nc1ccc([N+](=O)[O-])c(C(=O)Nc2cccc(Cl)c2Br)c1. The van der Waals surface area contributed by atoms with Crippen molar-refractivity contribution in [3.05, 3.63) is 61.6 Å². The van der Waals surface area contributed by atoms with Crippen LogP contribution in [-0.4, -0.2) is 10.8 Å². The second kappa shape index (κ2) is 6.11. The van der Waals surface area contributed by atoms with Gasteiger partial charge in [-0.05, 0) is 40.2 Å². The molecule has 0 aliphatic carbocycles. The second-order valence-corrected chi connectivity index (χ2v) is 5.29. The molecule has 0 heterocycles. The number of nitrogen functional groups attached to an aromatic ring is 1. The number of nitrogens with two attached hydrogens (primary N) is 1. The van der Waals surface area contributed by atoms with E-state index in [0.29, 0.717) is 15.2 Å². The predicted molar refractivity (Wildman–Crippen MR) is 84.6 cm³/mol. The van der Waals surface area contributed by atoms with Crippen molar-refractivity contribution in [2.45, 2.75) is 0 Å². The van der Waals surface area contributed by atoms with E-state index in [1.165, 1.54) is 18.2 Å². The van der Waals surface area contributed by atoms with Crippen molar-refractivity contribution in [2.24, 2.45) is 0 Å². The summed E-state index contributed by atoms with van der Waals surface area (Å²) in [4.78, 5) is 22.5. The summed E-state index contributed by atoms with van der Waals surface area (Å²) in [7, 11) is 0. The van der Waals surface area contributed by atoms with Gasteiger partial charge in [0.1, 0.15) is 5.56 Å². The van der Waals surface area contributed by atoms with E-state index in [0.717, 1.165) is 0 Å². The maximum atomic E-state index is 12.2. The Kier molecular flexibility index (Phi) is 4.44. The van der Waals surface area contributed by atoms with E-state index in [4.69, 9.17) is 17.3 Å². The van der Waals surface area contributed by atoms with E-state index >= 15 is 0 Å². The van der Waals surface area contributed by atoms with Gasteiger partial charge in [-0.2, -0.15) is 0 Å². The van der Waals surface area contributed by atoms with Crippen molar-refractivity contribution in [3.63, 3.8) is 0 Å². The van der Waals surface area contributed by atoms with Gasteiger partial charge in [-0.3, -0.25) is 14.9 Å². The van der Waals surface area contributed by atoms with Crippen molar-refractivity contribution < 1.29 is 9.72 Å². The first-order valence-corrected chi connectivity index (χ1v) is 6.86. The van der Waals surface area contributed by atoms with Crippen LogP contribution in [0.4, 0.5) is 17.1 Å². The molecule has 8 heteroatoms. The predicted octanol–water partition coefficient (Wildman–Crippen LogP) is 3.85. The average Bonchev–Trinajstić information content (AvgIpc) is 2.43. The Labute approximate surface area is 133 Å². The quantitative estimate of drug-likeness (QED) is 0.487. The minimum atomic E-state index is -0.642. The number of benzene rings is 2. The Morgan fingerprint density at radius 1 is 1.33 bits per heavy atom. The van der Waals surface area contributed by atoms with Crippen LogP contribution in [0, 0.1) is 10.1 Å². The summed E-state index contributed by atoms with van der Waals surface area (Å²) in [6, 6.07) is 8.72. The van der Waals surface area contributed by atoms with Crippen molar-refractivity contribution in [1.29, 1.82) is 0 Å². The zero-order valence-corrected chi connectivity index (χ0v) is 12.8. The number of carbonyl (C=O) groups is 1. The average molecular weight is 371 g/mol. The lowest BCUT2D eigenvalue weighted by molar-refractivity contribution is -0.385. The zero-order valence-electron chi connectivity index (χ0n) is 10.5. The van der Waals surface area contributed by atoms with E-state index in [2.05, 4.69) is 21.2 Å². The van der Waals surface area contributed by atoms with Crippen LogP contribution < -0.4 is 11.1 Å². The van der Waals surface area contributed by atoms with Crippen molar-refractivity contribution in [3.8, 4) is 0 Å². The lowest BCUT2D eigenvalue weighted by Crippen LogP contribution is -2.14. The first kappa shape index (κ1) is 15.3. The number of nitro groups is 1. The fraction of sp³-hybridized carbons (Fsp3) is 0. The van der Waals surface area contributed by atoms with E-state index in [1.807, 2.05) is 0 Å². The molecule has 3 N–H and O–H groups in total. The van der Waals surface area contributed by atoms with E-state index < -0.39 is 10.8 Å². The Bertz CT molecular complexity index is 737. The molecule has 0 saturated carbocycles. The summed E-state index contributed by atoms with van der Waals surface area (Å²) in [6.45, 7) is 0. The molecule has 2 rings (SSSR count). The topological polar surface area (TPSA) is 98.3 Å². The molecule has 0 atom stereocenters. The molecule has 2 aromatic rings. The third-order valence-corrected chi connectivity index (χ3v) is 4.06. The fourth-order valence-electron chi connectivity index (χ4n) is 1.68. The Balaban J connectivity index is 2.39. The molecular formula is C13H9BrClN3O3. The van der Waals surface area contributed by atoms with E-state index in [-0.39, 0.29) is 16.9 Å². The van der Waals surface area contributed by atoms with Gasteiger partial charge in [0.2, 0.25) is 0 Å². The van der Waals surface area contributed by atoms with E-state index in [1.54, 1.807) is 18.2 Å². The molecule has 0 aliphatic heterocycles. The normalized spacial score (nSPS) is 10.2. The molecule has 2 aromatic carbocycles. The van der Waals surface area contributed by atoms with Crippen LogP contribution in [0.15, 0.2) is 40.9 Å². The summed E-state index contributed by atoms with van der Waals surface area (Å²) in [5.74, 6) is -0.642. The zero-order chi connectivity index (χ0) is 15.6. The summed E-state index contributed by atoms with van der Waals surface area (Å²) in [6.07, 6.45) is 0. The molecule has 0 aliphatic rings. The molecule has 0 fully saturated rings. The minimum absolute atomic E-state index is 0.119. The maximum absolute atomic E-state index is 12.2. The highest BCUT2D eigenvalue weighted by Gasteiger charge is 2.21. The van der Waals surface area contributed by atoms with Gasteiger partial charge in [-0.15, -0.1) is 0 Å². The highest BCUT2D eigenvalue weighted by molar-refractivity contribution is 9.10. The van der Waals surface area contributed by atoms with Crippen LogP contribution >= 0.6 is 27.5 Å². The fourth-order valence-corrected chi connectivity index (χ4v) is 2.22. The molecular weight excluding hydrogens is 362 g/mol. The maximum Gasteiger partial charge on any atom is 0.282 e. The lowest BCUT2D eigenvalue weighted by atomic mass is 10.1. The molecule has 6 nitrogen and oxygen atoms in total. The number of anilines is 2. The second-order valence-electron chi connectivity index (χ2n) is 4.09. The molecule has 21 heavy (non-hydrogen) atoms. The van der Waals surface area contributed by atoms with Crippen molar-refractivity contribution in [2.75, 3.05) is 11.1 Å². The van der Waals surface area contributed by atoms with Crippen LogP contribution in [0.5, 0.6) is 0 Å². The highest BCUT2D eigenvalue weighted by Crippen LogP contribution is 2.31. The molecule has 0 radical (unpaired) electrons. The number of nitrogens with one attached hydrogen (secondary N) is 1. The number of rotatable bonds is 3. The highest BCUT2D eigenvalue weighted by atomic mass is 79.9. The van der Waals surface area contributed by atoms with Gasteiger partial charge >= 0.3 is 0 Å². The Hall–Kier alpha value is -2.12. The first-order valence-electron chi connectivity index (χ1n) is 5.69. The number of nitrogens with zero attached hydrogens (tertiary/aromatic N) is 1. The molecule has 0 bridgehead atoms. The van der Waals surface area contributed by atoms with Crippen LogP contribution in [0.25, 0.3) is 0 Å². The lowest BCUT2D eigenvalue weighted by Gasteiger charge is -2.09. The molecule has 108 valence electrons. The van der Waals surface area contributed by atoms with Crippen LogP contribution in [0.1, 0.15) is 10.4 Å². The summed E-state index contributed by atoms with van der Waals surface area (Å²) in [5.41, 5.74) is 5.81. The minimum Gasteiger partial charge on any atom is -0.399 e. The third kappa shape index (κ3) is 3.32. The van der Waals surface area contributed by atoms with Crippen LogP contribution in [0.3, 0.4) is 0 Å². The molecule has 0 spiro atoms. The summed E-state index contributed by atoms with van der Waals surface area (Å²) in [5, 5.41) is 13.9. The van der Waals surface area contributed by atoms with Gasteiger partial charge in [-0.25, -0.2) is 0 Å². The molecule has 0 saturated heterocycles. The largest absolute Gasteiger partial charge is 0.399 e. The van der Waals surface area contributed by atoms with Gasteiger partial charge in [0.05, 0.1) is 20.1 Å². The molecule has 0 unspecified atom stereocenters. The monoisotopic (exact) mass is 369 g/mol. The smallest absolute Gasteiger partial charge is 0.282 e. The van der Waals surface area contributed by atoms with Gasteiger partial charge in [-0.1, -0.05) is 17.7 Å². The number of halogens is 2. The van der Waals surface area contributed by atoms with E-state index in [9.17, 15) is 14.9 Å². The van der Waals surface area contributed by atoms with Gasteiger partial charge in [0.25, 0.3) is 11.6 Å². The Morgan fingerprint density at radius 2 is 2.05 bits per heavy atom. The molecule has 0 aromatic heterocycles. The standard InChI is InChI=1S/C13H9BrClN3O3/c14-12-9(15)2-1-3-10(12)17-13(19)8-6-7(16)4-5-11(8)18(20)21/h1-6H,16H2,(H,17,19). The van der Waals surface area contributed by atoms with Crippen molar-refractivity contribution in [1.82, 2.24) is 0 Å². The number of hydrogen-bond donors (Lipinski definition) is 2. The van der Waals surface area contributed by atoms with Gasteiger partial charge < -0.3 is 11.1 Å². The van der Waals surface area contributed by atoms with Gasteiger partial charge in [0.15, 0.2) is 0 Å². The first-order chi connectivity index (χ1) is 9.90. The third-order valence-electron chi connectivity index (χ3n) is 2.66. The number of nitro benzene ring substituents is 1. The van der Waals surface area contributed by atoms with Crippen molar-refractivity contribution >= 4 is 50.5 Å². The summed E-state index contributed by atoms with van der Waals surface area (Å²) < 4.78 is 0.492. The Morgan fingerprint density at radius 3 is 2.71 bits per heavy atom. The van der Waals surface area contributed by atoms with Gasteiger partial charge in [0, 0.05) is 11.8 Å². The summed E-state index contributed by atoms with van der Waals surface area (Å²) >= 11 is 9.16. The van der Waals surface area contributed by atoms with Crippen LogP contribution in [0.2, 0.25) is 5.02 Å². The number of carbonyl (C=O) groups excluding carboxylic acids is 1. The number of amides is 1. The number of hydrogen-bond acceptors (Lipinski definition) is 4. The van der Waals surface area contributed by atoms with Crippen LogP contribution in [-0.2, 0) is 0 Å². The molecule has 1 amide bonds.